The van der Waals surface area contributed by atoms with Gasteiger partial charge in [-0.2, -0.15) is 0 Å². The van der Waals surface area contributed by atoms with Crippen LogP contribution in [0.4, 0.5) is 4.39 Å². The van der Waals surface area contributed by atoms with Gasteiger partial charge in [0, 0.05) is 11.8 Å². The van der Waals surface area contributed by atoms with Gasteiger partial charge in [0.15, 0.2) is 11.3 Å². The molecule has 0 aliphatic rings. The molecule has 0 unspecified atom stereocenters. The Kier molecular flexibility index (Phi) is 3.17. The first kappa shape index (κ1) is 13.3. The largest absolute Gasteiger partial charge is 0.496 e. The third kappa shape index (κ3) is 2.27. The monoisotopic (exact) mass is 285 g/mol. The van der Waals surface area contributed by atoms with Crippen LogP contribution in [0, 0.1) is 12.7 Å². The van der Waals surface area contributed by atoms with E-state index in [1.807, 2.05) is 6.92 Å². The van der Waals surface area contributed by atoms with Crippen LogP contribution in [0.25, 0.3) is 11.1 Å². The van der Waals surface area contributed by atoms with Gasteiger partial charge >= 0.3 is 0 Å². The number of rotatable bonds is 3. The summed E-state index contributed by atoms with van der Waals surface area (Å²) in [4.78, 5) is 16.7. The van der Waals surface area contributed by atoms with Crippen molar-refractivity contribution in [1.82, 2.24) is 4.98 Å². The fourth-order valence-corrected chi connectivity index (χ4v) is 2.16. The summed E-state index contributed by atoms with van der Waals surface area (Å²) in [7, 11) is 1.38. The Bertz CT molecular complexity index is 839. The number of carbonyl (C=O) groups is 1. The highest BCUT2D eigenvalue weighted by Gasteiger charge is 2.22. The lowest BCUT2D eigenvalue weighted by Gasteiger charge is -2.06. The number of pyridine rings is 1. The summed E-state index contributed by atoms with van der Waals surface area (Å²) in [5.74, 6) is -1.01. The molecule has 0 radical (unpaired) electrons. The predicted octanol–water partition coefficient (Wildman–Crippen LogP) is 3.51. The maximum Gasteiger partial charge on any atom is 0.234 e. The van der Waals surface area contributed by atoms with E-state index in [-0.39, 0.29) is 17.1 Å². The summed E-state index contributed by atoms with van der Waals surface area (Å²) < 4.78 is 24.4. The summed E-state index contributed by atoms with van der Waals surface area (Å²) in [6, 6.07) is 9.24. The predicted molar refractivity (Wildman–Crippen MR) is 75.1 cm³/mol. The van der Waals surface area contributed by atoms with E-state index in [0.29, 0.717) is 11.1 Å². The van der Waals surface area contributed by atoms with E-state index in [0.717, 1.165) is 5.69 Å². The minimum atomic E-state index is -0.649. The van der Waals surface area contributed by atoms with Crippen LogP contribution in [-0.2, 0) is 0 Å². The molecule has 0 aliphatic carbocycles. The number of furan rings is 1. The fourth-order valence-electron chi connectivity index (χ4n) is 2.16. The van der Waals surface area contributed by atoms with Crippen molar-refractivity contribution in [2.45, 2.75) is 6.92 Å². The number of aryl methyl sites for hydroxylation is 1. The van der Waals surface area contributed by atoms with E-state index in [2.05, 4.69) is 4.98 Å². The van der Waals surface area contributed by atoms with Crippen LogP contribution in [0.1, 0.15) is 21.8 Å². The summed E-state index contributed by atoms with van der Waals surface area (Å²) >= 11 is 0. The number of ether oxygens (including phenoxy) is 1. The maximum absolute atomic E-state index is 13.9. The molecule has 2 aromatic heterocycles. The van der Waals surface area contributed by atoms with Gasteiger partial charge in [-0.3, -0.25) is 4.79 Å². The molecule has 0 amide bonds. The summed E-state index contributed by atoms with van der Waals surface area (Å²) in [6.45, 7) is 1.84. The molecule has 0 spiro atoms. The molecular weight excluding hydrogens is 273 g/mol. The summed E-state index contributed by atoms with van der Waals surface area (Å²) in [6.07, 6.45) is 0. The molecule has 0 fully saturated rings. The zero-order valence-corrected chi connectivity index (χ0v) is 11.5. The average molecular weight is 285 g/mol. The maximum atomic E-state index is 13.9. The van der Waals surface area contributed by atoms with Crippen molar-refractivity contribution in [3.8, 4) is 5.75 Å². The number of fused-ring (bicyclic) bond motifs is 1. The molecule has 4 nitrogen and oxygen atoms in total. The first-order valence-electron chi connectivity index (χ1n) is 6.34. The molecule has 0 N–H and O–H groups in total. The SMILES string of the molecule is COc1cccc(F)c1C(=O)c1cc2nc(C)ccc2o1. The van der Waals surface area contributed by atoms with Crippen molar-refractivity contribution in [3.63, 3.8) is 0 Å². The lowest BCUT2D eigenvalue weighted by molar-refractivity contribution is 0.100. The van der Waals surface area contributed by atoms with Crippen LogP contribution in [-0.4, -0.2) is 17.9 Å². The molecule has 5 heteroatoms. The van der Waals surface area contributed by atoms with E-state index >= 15 is 0 Å². The fraction of sp³-hybridized carbons (Fsp3) is 0.125. The van der Waals surface area contributed by atoms with E-state index in [4.69, 9.17) is 9.15 Å². The molecule has 0 bridgehead atoms. The quantitative estimate of drug-likeness (QED) is 0.691. The number of hydrogen-bond donors (Lipinski definition) is 0. The number of ketones is 1. The molecular formula is C16H12FNO3. The molecule has 21 heavy (non-hydrogen) atoms. The van der Waals surface area contributed by atoms with Crippen molar-refractivity contribution >= 4 is 16.9 Å². The van der Waals surface area contributed by atoms with Crippen molar-refractivity contribution in [2.75, 3.05) is 7.11 Å². The van der Waals surface area contributed by atoms with Crippen LogP contribution in [0.15, 0.2) is 40.8 Å². The van der Waals surface area contributed by atoms with Crippen LogP contribution in [0.5, 0.6) is 5.75 Å². The van der Waals surface area contributed by atoms with E-state index in [1.54, 1.807) is 12.1 Å². The van der Waals surface area contributed by atoms with Gasteiger partial charge < -0.3 is 9.15 Å². The number of hydrogen-bond acceptors (Lipinski definition) is 4. The van der Waals surface area contributed by atoms with Gasteiger partial charge in [-0.05, 0) is 31.2 Å². The van der Waals surface area contributed by atoms with Crippen LogP contribution in [0.3, 0.4) is 0 Å². The molecule has 1 aromatic carbocycles. The lowest BCUT2D eigenvalue weighted by Crippen LogP contribution is -2.05. The van der Waals surface area contributed by atoms with Crippen LogP contribution >= 0.6 is 0 Å². The molecule has 0 aliphatic heterocycles. The number of methoxy groups -OCH3 is 1. The second-order valence-electron chi connectivity index (χ2n) is 4.59. The Morgan fingerprint density at radius 2 is 2.10 bits per heavy atom. The molecule has 0 saturated carbocycles. The smallest absolute Gasteiger partial charge is 0.234 e. The first-order valence-corrected chi connectivity index (χ1v) is 6.34. The molecule has 0 atom stereocenters. The average Bonchev–Trinajstić information content (AvgIpc) is 2.89. The molecule has 2 heterocycles. The molecule has 106 valence electrons. The number of carbonyl (C=O) groups excluding carboxylic acids is 1. The van der Waals surface area contributed by atoms with Gasteiger partial charge in [0.2, 0.25) is 5.78 Å². The number of benzene rings is 1. The van der Waals surface area contributed by atoms with Crippen molar-refractivity contribution < 1.29 is 18.3 Å². The minimum absolute atomic E-state index is 0.0338. The van der Waals surface area contributed by atoms with E-state index in [9.17, 15) is 9.18 Å². The minimum Gasteiger partial charge on any atom is -0.496 e. The Hall–Kier alpha value is -2.69. The van der Waals surface area contributed by atoms with E-state index < -0.39 is 11.6 Å². The van der Waals surface area contributed by atoms with Crippen LogP contribution in [0.2, 0.25) is 0 Å². The molecule has 0 saturated heterocycles. The summed E-state index contributed by atoms with van der Waals surface area (Å²) in [5, 5.41) is 0. The van der Waals surface area contributed by atoms with Gasteiger partial charge in [0.25, 0.3) is 0 Å². The first-order chi connectivity index (χ1) is 10.1. The Balaban J connectivity index is 2.12. The number of nitrogens with zero attached hydrogens (tertiary/aromatic N) is 1. The van der Waals surface area contributed by atoms with Gasteiger partial charge in [0.1, 0.15) is 22.6 Å². The number of aromatic nitrogens is 1. The van der Waals surface area contributed by atoms with E-state index in [1.165, 1.54) is 31.4 Å². The number of halogens is 1. The van der Waals surface area contributed by atoms with Crippen molar-refractivity contribution in [3.05, 3.63) is 59.2 Å². The topological polar surface area (TPSA) is 52.3 Å². The zero-order chi connectivity index (χ0) is 15.0. The van der Waals surface area contributed by atoms with Gasteiger partial charge in [-0.25, -0.2) is 9.37 Å². The van der Waals surface area contributed by atoms with Gasteiger partial charge in [-0.15, -0.1) is 0 Å². The van der Waals surface area contributed by atoms with Gasteiger partial charge in [0.05, 0.1) is 7.11 Å². The van der Waals surface area contributed by atoms with Crippen molar-refractivity contribution in [2.24, 2.45) is 0 Å². The van der Waals surface area contributed by atoms with Crippen LogP contribution < -0.4 is 4.74 Å². The Morgan fingerprint density at radius 1 is 1.29 bits per heavy atom. The molecule has 3 rings (SSSR count). The van der Waals surface area contributed by atoms with Crippen molar-refractivity contribution in [1.29, 1.82) is 0 Å². The molecule has 3 aromatic rings. The second-order valence-corrected chi connectivity index (χ2v) is 4.59. The lowest BCUT2D eigenvalue weighted by atomic mass is 10.1. The Morgan fingerprint density at radius 3 is 2.86 bits per heavy atom. The zero-order valence-electron chi connectivity index (χ0n) is 11.5. The normalized spacial score (nSPS) is 10.8. The third-order valence-electron chi connectivity index (χ3n) is 3.16. The third-order valence-corrected chi connectivity index (χ3v) is 3.16. The van der Waals surface area contributed by atoms with Gasteiger partial charge in [-0.1, -0.05) is 6.07 Å². The second kappa shape index (κ2) is 5.01. The summed E-state index contributed by atoms with van der Waals surface area (Å²) in [5.41, 5.74) is 1.72. The highest BCUT2D eigenvalue weighted by molar-refractivity contribution is 6.10. The highest BCUT2D eigenvalue weighted by atomic mass is 19.1. The standard InChI is InChI=1S/C16H12FNO3/c1-9-6-7-12-11(18-9)8-14(21-12)16(19)15-10(17)4-3-5-13(15)20-2/h3-8H,1-2H3. The Labute approximate surface area is 120 Å². The highest BCUT2D eigenvalue weighted by Crippen LogP contribution is 2.27.